The van der Waals surface area contributed by atoms with Crippen LogP contribution in [0.15, 0.2) is 27.6 Å². The molecule has 2 atom stereocenters. The molecule has 0 heterocycles. The van der Waals surface area contributed by atoms with Gasteiger partial charge in [0.05, 0.1) is 11.5 Å². The van der Waals surface area contributed by atoms with Gasteiger partial charge in [0.15, 0.2) is 0 Å². The smallest absolute Gasteiger partial charge is 0.241 e. The molecular formula is C15H22BrNO3S. The van der Waals surface area contributed by atoms with E-state index in [0.29, 0.717) is 16.0 Å². The van der Waals surface area contributed by atoms with Crippen molar-refractivity contribution in [2.75, 3.05) is 0 Å². The van der Waals surface area contributed by atoms with Crippen molar-refractivity contribution in [2.24, 2.45) is 5.92 Å². The van der Waals surface area contributed by atoms with Crippen molar-refractivity contribution >= 4 is 26.0 Å². The standard InChI is InChI=1S/C15H22BrNO3S/c1-11-3-2-4-13(7-5-11)17-21(19,20)15-9-12(10-18)6-8-14(15)16/h6,8-9,11,13,17-18H,2-5,7,10H2,1H3. The first-order chi connectivity index (χ1) is 9.92. The molecule has 6 heteroatoms. The third kappa shape index (κ3) is 4.52. The number of hydrogen-bond donors (Lipinski definition) is 2. The summed E-state index contributed by atoms with van der Waals surface area (Å²) in [4.78, 5) is 0.200. The van der Waals surface area contributed by atoms with Crippen molar-refractivity contribution in [3.05, 3.63) is 28.2 Å². The summed E-state index contributed by atoms with van der Waals surface area (Å²) in [7, 11) is -3.56. The summed E-state index contributed by atoms with van der Waals surface area (Å²) >= 11 is 3.28. The number of nitrogens with one attached hydrogen (secondary N) is 1. The number of hydrogen-bond acceptors (Lipinski definition) is 3. The molecule has 0 saturated heterocycles. The van der Waals surface area contributed by atoms with Crippen LogP contribution < -0.4 is 4.72 Å². The Kier molecular flexibility index (Phi) is 5.82. The van der Waals surface area contributed by atoms with Gasteiger partial charge >= 0.3 is 0 Å². The summed E-state index contributed by atoms with van der Waals surface area (Å²) in [5.41, 5.74) is 0.591. The van der Waals surface area contributed by atoms with Crippen molar-refractivity contribution < 1.29 is 13.5 Å². The van der Waals surface area contributed by atoms with Crippen molar-refractivity contribution in [2.45, 2.75) is 56.6 Å². The van der Waals surface area contributed by atoms with Crippen LogP contribution in [0.3, 0.4) is 0 Å². The average molecular weight is 376 g/mol. The second kappa shape index (κ2) is 7.22. The fourth-order valence-electron chi connectivity index (χ4n) is 2.74. The zero-order valence-electron chi connectivity index (χ0n) is 12.2. The molecule has 1 aromatic carbocycles. The Bertz CT molecular complexity index is 589. The molecule has 21 heavy (non-hydrogen) atoms. The number of aliphatic hydroxyl groups is 1. The normalized spacial score (nSPS) is 23.8. The van der Waals surface area contributed by atoms with Gasteiger partial charge in [0.1, 0.15) is 0 Å². The number of benzene rings is 1. The minimum Gasteiger partial charge on any atom is -0.392 e. The highest BCUT2D eigenvalue weighted by atomic mass is 79.9. The van der Waals surface area contributed by atoms with Crippen LogP contribution in [0.4, 0.5) is 0 Å². The van der Waals surface area contributed by atoms with E-state index in [1.54, 1.807) is 12.1 Å². The lowest BCUT2D eigenvalue weighted by Crippen LogP contribution is -2.34. The molecule has 0 spiro atoms. The van der Waals surface area contributed by atoms with Crippen LogP contribution in [-0.2, 0) is 16.6 Å². The fourth-order valence-corrected chi connectivity index (χ4v) is 5.06. The topological polar surface area (TPSA) is 66.4 Å². The zero-order chi connectivity index (χ0) is 15.5. The van der Waals surface area contributed by atoms with E-state index < -0.39 is 10.0 Å². The predicted octanol–water partition coefficient (Wildman–Crippen LogP) is 3.19. The monoisotopic (exact) mass is 375 g/mol. The minimum atomic E-state index is -3.56. The molecular weight excluding hydrogens is 354 g/mol. The Morgan fingerprint density at radius 1 is 1.29 bits per heavy atom. The van der Waals surface area contributed by atoms with Crippen LogP contribution in [0.5, 0.6) is 0 Å². The van der Waals surface area contributed by atoms with Crippen LogP contribution in [-0.4, -0.2) is 19.6 Å². The van der Waals surface area contributed by atoms with Gasteiger partial charge in [0.25, 0.3) is 0 Å². The third-order valence-corrected chi connectivity index (χ3v) is 6.56. The Labute approximate surface area is 135 Å². The van der Waals surface area contributed by atoms with E-state index in [1.807, 2.05) is 0 Å². The summed E-state index contributed by atoms with van der Waals surface area (Å²) in [5.74, 6) is 0.670. The molecule has 0 aliphatic heterocycles. The Balaban J connectivity index is 2.18. The van der Waals surface area contributed by atoms with Crippen LogP contribution >= 0.6 is 15.9 Å². The van der Waals surface area contributed by atoms with E-state index >= 15 is 0 Å². The molecule has 1 aliphatic rings. The largest absolute Gasteiger partial charge is 0.392 e. The van der Waals surface area contributed by atoms with Gasteiger partial charge in [-0.2, -0.15) is 0 Å². The summed E-state index contributed by atoms with van der Waals surface area (Å²) < 4.78 is 28.5. The maximum atomic E-state index is 12.6. The quantitative estimate of drug-likeness (QED) is 0.794. The zero-order valence-corrected chi connectivity index (χ0v) is 14.6. The Morgan fingerprint density at radius 3 is 2.76 bits per heavy atom. The summed E-state index contributed by atoms with van der Waals surface area (Å²) in [6.45, 7) is 2.05. The molecule has 4 nitrogen and oxygen atoms in total. The molecule has 0 radical (unpaired) electrons. The first-order valence-electron chi connectivity index (χ1n) is 7.34. The van der Waals surface area contributed by atoms with Gasteiger partial charge in [0.2, 0.25) is 10.0 Å². The maximum absolute atomic E-state index is 12.6. The Hall–Kier alpha value is -0.430. The van der Waals surface area contributed by atoms with Crippen molar-refractivity contribution in [1.82, 2.24) is 4.72 Å². The number of rotatable bonds is 4. The van der Waals surface area contributed by atoms with Gasteiger partial charge in [0, 0.05) is 10.5 Å². The second-order valence-electron chi connectivity index (χ2n) is 5.85. The molecule has 1 fully saturated rings. The van der Waals surface area contributed by atoms with Crippen molar-refractivity contribution in [3.8, 4) is 0 Å². The first-order valence-corrected chi connectivity index (χ1v) is 9.61. The van der Waals surface area contributed by atoms with E-state index in [-0.39, 0.29) is 17.5 Å². The molecule has 2 N–H and O–H groups in total. The molecule has 2 rings (SSSR count). The molecule has 118 valence electrons. The van der Waals surface area contributed by atoms with Gasteiger partial charge in [-0.25, -0.2) is 13.1 Å². The van der Waals surface area contributed by atoms with E-state index in [9.17, 15) is 13.5 Å². The van der Waals surface area contributed by atoms with Gasteiger partial charge < -0.3 is 5.11 Å². The van der Waals surface area contributed by atoms with Gasteiger partial charge in [-0.15, -0.1) is 0 Å². The first kappa shape index (κ1) is 16.9. The molecule has 1 saturated carbocycles. The Morgan fingerprint density at radius 2 is 2.05 bits per heavy atom. The minimum absolute atomic E-state index is 0.00429. The van der Waals surface area contributed by atoms with Crippen LogP contribution in [0.25, 0.3) is 0 Å². The summed E-state index contributed by atoms with van der Waals surface area (Å²) in [5, 5.41) is 9.18. The molecule has 1 aromatic rings. The lowest BCUT2D eigenvalue weighted by molar-refractivity contribution is 0.281. The number of sulfonamides is 1. The number of aliphatic hydroxyl groups excluding tert-OH is 1. The van der Waals surface area contributed by atoms with E-state index in [2.05, 4.69) is 27.6 Å². The van der Waals surface area contributed by atoms with Gasteiger partial charge in [-0.05, 0) is 58.8 Å². The predicted molar refractivity (Wildman–Crippen MR) is 86.4 cm³/mol. The van der Waals surface area contributed by atoms with E-state index in [0.717, 1.165) is 25.7 Å². The van der Waals surface area contributed by atoms with Crippen LogP contribution in [0.1, 0.15) is 44.6 Å². The lowest BCUT2D eigenvalue weighted by Gasteiger charge is -2.17. The highest BCUT2D eigenvalue weighted by molar-refractivity contribution is 9.10. The van der Waals surface area contributed by atoms with E-state index in [1.165, 1.54) is 12.5 Å². The van der Waals surface area contributed by atoms with Gasteiger partial charge in [-0.3, -0.25) is 0 Å². The second-order valence-corrected chi connectivity index (χ2v) is 8.39. The molecule has 0 bridgehead atoms. The highest BCUT2D eigenvalue weighted by Gasteiger charge is 2.24. The fraction of sp³-hybridized carbons (Fsp3) is 0.600. The SMILES string of the molecule is CC1CCCC(NS(=O)(=O)c2cc(CO)ccc2Br)CC1. The molecule has 0 aromatic heterocycles. The third-order valence-electron chi connectivity index (χ3n) is 4.05. The summed E-state index contributed by atoms with van der Waals surface area (Å²) in [6.07, 6.45) is 5.07. The van der Waals surface area contributed by atoms with E-state index in [4.69, 9.17) is 0 Å². The lowest BCUT2D eigenvalue weighted by atomic mass is 10.0. The molecule has 1 aliphatic carbocycles. The highest BCUT2D eigenvalue weighted by Crippen LogP contribution is 2.27. The average Bonchev–Trinajstić information content (AvgIpc) is 2.63. The van der Waals surface area contributed by atoms with Crippen LogP contribution in [0, 0.1) is 5.92 Å². The number of halogens is 1. The molecule has 0 amide bonds. The maximum Gasteiger partial charge on any atom is 0.241 e. The van der Waals surface area contributed by atoms with Gasteiger partial charge in [-0.1, -0.05) is 25.8 Å². The summed E-state index contributed by atoms with van der Waals surface area (Å²) in [6, 6.07) is 4.89. The van der Waals surface area contributed by atoms with Crippen LogP contribution in [0.2, 0.25) is 0 Å². The van der Waals surface area contributed by atoms with Crippen molar-refractivity contribution in [3.63, 3.8) is 0 Å². The molecule has 2 unspecified atom stereocenters. The van der Waals surface area contributed by atoms with Crippen molar-refractivity contribution in [1.29, 1.82) is 0 Å².